The zero-order valence-corrected chi connectivity index (χ0v) is 17.3. The van der Waals surface area contributed by atoms with Gasteiger partial charge in [-0.15, -0.1) is 11.3 Å². The van der Waals surface area contributed by atoms with Gasteiger partial charge in [-0.1, -0.05) is 6.07 Å². The maximum absolute atomic E-state index is 13.3. The number of nitrogens with zero attached hydrogens (tertiary/aromatic N) is 5. The highest BCUT2D eigenvalue weighted by molar-refractivity contribution is 7.25. The normalized spacial score (nSPS) is 16.9. The molecule has 0 saturated carbocycles. The summed E-state index contributed by atoms with van der Waals surface area (Å²) < 4.78 is 7.72. The number of ether oxygens (including phenoxy) is 1. The number of thiophene rings is 1. The molecule has 8 heteroatoms. The molecular formula is C22H21N5O2S. The Hall–Kier alpha value is -2.84. The lowest BCUT2D eigenvalue weighted by molar-refractivity contribution is 0.122. The Labute approximate surface area is 177 Å². The van der Waals surface area contributed by atoms with Gasteiger partial charge in [0.1, 0.15) is 27.5 Å². The van der Waals surface area contributed by atoms with Crippen molar-refractivity contribution in [2.24, 2.45) is 0 Å². The molecule has 152 valence electrons. The predicted octanol–water partition coefficient (Wildman–Crippen LogP) is 3.11. The van der Waals surface area contributed by atoms with Gasteiger partial charge in [0.25, 0.3) is 5.56 Å². The third-order valence-corrected chi connectivity index (χ3v) is 7.09. The summed E-state index contributed by atoms with van der Waals surface area (Å²) in [6.45, 7) is 3.19. The average molecular weight is 420 g/mol. The van der Waals surface area contributed by atoms with Crippen LogP contribution in [0, 0.1) is 0 Å². The van der Waals surface area contributed by atoms with Crippen molar-refractivity contribution in [1.29, 1.82) is 0 Å². The molecule has 1 aliphatic carbocycles. The van der Waals surface area contributed by atoms with E-state index in [4.69, 9.17) is 14.7 Å². The summed E-state index contributed by atoms with van der Waals surface area (Å²) in [4.78, 5) is 30.7. The summed E-state index contributed by atoms with van der Waals surface area (Å²) >= 11 is 1.46. The van der Waals surface area contributed by atoms with Gasteiger partial charge in [0.05, 0.1) is 18.7 Å². The topological polar surface area (TPSA) is 73.1 Å². The molecule has 2 aliphatic rings. The first-order chi connectivity index (χ1) is 14.8. The van der Waals surface area contributed by atoms with E-state index in [1.54, 1.807) is 12.5 Å². The molecule has 1 saturated heterocycles. The third-order valence-electron chi connectivity index (χ3n) is 6.03. The molecule has 0 atom stereocenters. The first-order valence-electron chi connectivity index (χ1n) is 10.4. The van der Waals surface area contributed by atoms with Crippen molar-refractivity contribution in [1.82, 2.24) is 19.5 Å². The van der Waals surface area contributed by atoms with E-state index in [-0.39, 0.29) is 5.56 Å². The second kappa shape index (κ2) is 7.14. The molecule has 7 nitrogen and oxygen atoms in total. The molecule has 0 N–H and O–H groups in total. The van der Waals surface area contributed by atoms with E-state index in [1.807, 2.05) is 18.2 Å². The zero-order chi connectivity index (χ0) is 20.1. The SMILES string of the molecule is O=c1c2sc3nc(N4CCOCC4)c4c(c3c2ncn1-c1ccccn1)CCCC4. The van der Waals surface area contributed by atoms with Crippen LogP contribution < -0.4 is 10.5 Å². The van der Waals surface area contributed by atoms with E-state index in [1.165, 1.54) is 33.5 Å². The molecule has 30 heavy (non-hydrogen) atoms. The van der Waals surface area contributed by atoms with E-state index in [9.17, 15) is 4.79 Å². The van der Waals surface area contributed by atoms with Crippen LogP contribution in [0.3, 0.4) is 0 Å². The van der Waals surface area contributed by atoms with E-state index in [0.29, 0.717) is 10.5 Å². The van der Waals surface area contributed by atoms with Gasteiger partial charge < -0.3 is 9.64 Å². The van der Waals surface area contributed by atoms with Gasteiger partial charge in [-0.2, -0.15) is 0 Å². The number of pyridine rings is 2. The van der Waals surface area contributed by atoms with Gasteiger partial charge in [-0.3, -0.25) is 4.79 Å². The molecule has 5 heterocycles. The highest BCUT2D eigenvalue weighted by Crippen LogP contribution is 2.40. The predicted molar refractivity (Wildman–Crippen MR) is 118 cm³/mol. The Morgan fingerprint density at radius 1 is 1.03 bits per heavy atom. The Bertz CT molecular complexity index is 1310. The van der Waals surface area contributed by atoms with Crippen LogP contribution in [-0.4, -0.2) is 45.8 Å². The van der Waals surface area contributed by atoms with Crippen molar-refractivity contribution in [2.75, 3.05) is 31.2 Å². The molecule has 0 unspecified atom stereocenters. The van der Waals surface area contributed by atoms with Crippen LogP contribution in [-0.2, 0) is 17.6 Å². The van der Waals surface area contributed by atoms with Crippen LogP contribution >= 0.6 is 11.3 Å². The number of anilines is 1. The Balaban J connectivity index is 1.61. The minimum absolute atomic E-state index is 0.0841. The van der Waals surface area contributed by atoms with Crippen molar-refractivity contribution < 1.29 is 4.74 Å². The van der Waals surface area contributed by atoms with E-state index < -0.39 is 0 Å². The number of fused-ring (bicyclic) bond motifs is 5. The Morgan fingerprint density at radius 3 is 2.67 bits per heavy atom. The van der Waals surface area contributed by atoms with Crippen molar-refractivity contribution in [3.8, 4) is 5.82 Å². The molecule has 1 aliphatic heterocycles. The molecule has 4 aromatic heterocycles. The molecule has 0 bridgehead atoms. The summed E-state index contributed by atoms with van der Waals surface area (Å²) in [5.74, 6) is 1.66. The molecule has 0 amide bonds. The molecule has 1 fully saturated rings. The third kappa shape index (κ3) is 2.74. The van der Waals surface area contributed by atoms with Crippen LogP contribution in [0.5, 0.6) is 0 Å². The van der Waals surface area contributed by atoms with Gasteiger partial charge in [-0.05, 0) is 48.9 Å². The Kier molecular flexibility index (Phi) is 4.28. The second-order valence-electron chi connectivity index (χ2n) is 7.77. The number of rotatable bonds is 2. The van der Waals surface area contributed by atoms with Crippen molar-refractivity contribution in [3.63, 3.8) is 0 Å². The van der Waals surface area contributed by atoms with Gasteiger partial charge in [-0.25, -0.2) is 19.5 Å². The average Bonchev–Trinajstić information content (AvgIpc) is 3.20. The van der Waals surface area contributed by atoms with Crippen LogP contribution in [0.2, 0.25) is 0 Å². The first-order valence-corrected chi connectivity index (χ1v) is 11.2. The lowest BCUT2D eigenvalue weighted by Gasteiger charge is -2.31. The van der Waals surface area contributed by atoms with Gasteiger partial charge in [0.15, 0.2) is 0 Å². The molecule has 0 spiro atoms. The fourth-order valence-corrected chi connectivity index (χ4v) is 5.68. The summed E-state index contributed by atoms with van der Waals surface area (Å²) in [5.41, 5.74) is 3.37. The highest BCUT2D eigenvalue weighted by Gasteiger charge is 2.26. The highest BCUT2D eigenvalue weighted by atomic mass is 32.1. The van der Waals surface area contributed by atoms with Crippen molar-refractivity contribution in [3.05, 3.63) is 52.2 Å². The molecular weight excluding hydrogens is 398 g/mol. The largest absolute Gasteiger partial charge is 0.378 e. The zero-order valence-electron chi connectivity index (χ0n) is 16.5. The Morgan fingerprint density at radius 2 is 1.87 bits per heavy atom. The van der Waals surface area contributed by atoms with E-state index in [2.05, 4.69) is 9.88 Å². The number of hydrogen-bond acceptors (Lipinski definition) is 7. The number of hydrogen-bond donors (Lipinski definition) is 0. The summed E-state index contributed by atoms with van der Waals surface area (Å²) in [7, 11) is 0. The van der Waals surface area contributed by atoms with E-state index >= 15 is 0 Å². The number of aryl methyl sites for hydroxylation is 1. The molecule has 0 aromatic carbocycles. The number of morpholine rings is 1. The standard InChI is InChI=1S/C22H21N5O2S/c28-22-19-18(24-13-27(22)16-7-3-4-8-23-16)17-14-5-1-2-6-15(14)20(25-21(17)30-19)26-9-11-29-12-10-26/h3-4,7-8,13H,1-2,5-6,9-12H2. The number of aromatic nitrogens is 4. The fraction of sp³-hybridized carbons (Fsp3) is 0.364. The monoisotopic (exact) mass is 419 g/mol. The quantitative estimate of drug-likeness (QED) is 0.497. The van der Waals surface area contributed by atoms with Gasteiger partial charge in [0.2, 0.25) is 0 Å². The van der Waals surface area contributed by atoms with Crippen molar-refractivity contribution in [2.45, 2.75) is 25.7 Å². The minimum atomic E-state index is -0.0841. The minimum Gasteiger partial charge on any atom is -0.378 e. The second-order valence-corrected chi connectivity index (χ2v) is 8.77. The maximum Gasteiger partial charge on any atom is 0.277 e. The van der Waals surface area contributed by atoms with Crippen LogP contribution in [0.1, 0.15) is 24.0 Å². The maximum atomic E-state index is 13.3. The van der Waals surface area contributed by atoms with Crippen molar-refractivity contribution >= 4 is 37.6 Å². The molecule has 0 radical (unpaired) electrons. The summed E-state index contributed by atoms with van der Waals surface area (Å²) in [6, 6.07) is 5.53. The van der Waals surface area contributed by atoms with Crippen LogP contribution in [0.25, 0.3) is 26.3 Å². The van der Waals surface area contributed by atoms with Gasteiger partial charge >= 0.3 is 0 Å². The summed E-state index contributed by atoms with van der Waals surface area (Å²) in [6.07, 6.45) is 7.68. The van der Waals surface area contributed by atoms with Gasteiger partial charge in [0, 0.05) is 24.7 Å². The molecule has 6 rings (SSSR count). The van der Waals surface area contributed by atoms with Crippen LogP contribution in [0.15, 0.2) is 35.5 Å². The lowest BCUT2D eigenvalue weighted by Crippen LogP contribution is -2.37. The smallest absolute Gasteiger partial charge is 0.277 e. The first kappa shape index (κ1) is 18.0. The van der Waals surface area contributed by atoms with Crippen LogP contribution in [0.4, 0.5) is 5.82 Å². The fourth-order valence-electron chi connectivity index (χ4n) is 4.59. The van der Waals surface area contributed by atoms with E-state index in [0.717, 1.165) is 67.1 Å². The molecule has 4 aromatic rings. The summed E-state index contributed by atoms with van der Waals surface area (Å²) in [5, 5.41) is 1.08. The lowest BCUT2D eigenvalue weighted by atomic mass is 9.90.